The molecule has 5 atom stereocenters. The van der Waals surface area contributed by atoms with Gasteiger partial charge in [-0.05, 0) is 87.9 Å². The minimum absolute atomic E-state index is 0.0124. The van der Waals surface area contributed by atoms with Crippen molar-refractivity contribution in [3.05, 3.63) is 47.1 Å². The van der Waals surface area contributed by atoms with Gasteiger partial charge in [0, 0.05) is 6.42 Å². The quantitative estimate of drug-likeness (QED) is 0.471. The molecular formula is C27H40O5. The second-order valence-electron chi connectivity index (χ2n) is 10.8. The predicted octanol–water partition coefficient (Wildman–Crippen LogP) is 4.79. The molecule has 2 fully saturated rings. The van der Waals surface area contributed by atoms with Gasteiger partial charge in [0.2, 0.25) is 0 Å². The van der Waals surface area contributed by atoms with E-state index in [4.69, 9.17) is 9.47 Å². The minimum atomic E-state index is -0.664. The highest BCUT2D eigenvalue weighted by atomic mass is 16.6. The van der Waals surface area contributed by atoms with E-state index in [9.17, 15) is 15.0 Å². The van der Waals surface area contributed by atoms with Gasteiger partial charge in [-0.15, -0.1) is 0 Å². The Hall–Kier alpha value is -1.69. The fraction of sp³-hybridized carbons (Fsp3) is 0.667. The van der Waals surface area contributed by atoms with E-state index >= 15 is 0 Å². The van der Waals surface area contributed by atoms with Gasteiger partial charge < -0.3 is 19.7 Å². The van der Waals surface area contributed by atoms with E-state index in [1.807, 2.05) is 27.7 Å². The molecule has 0 aromatic heterocycles. The highest BCUT2D eigenvalue weighted by Gasteiger charge is 2.46. The normalized spacial score (nSPS) is 34.4. The minimum Gasteiger partial charge on any atom is -0.458 e. The van der Waals surface area contributed by atoms with Crippen LogP contribution in [0.5, 0.6) is 0 Å². The lowest BCUT2D eigenvalue weighted by Crippen LogP contribution is -2.35. The van der Waals surface area contributed by atoms with Crippen LogP contribution in [0.4, 0.5) is 0 Å². The zero-order chi connectivity index (χ0) is 23.7. The first kappa shape index (κ1) is 24.9. The van der Waals surface area contributed by atoms with Gasteiger partial charge in [0.05, 0.1) is 18.3 Å². The highest BCUT2D eigenvalue weighted by molar-refractivity contribution is 5.71. The summed E-state index contributed by atoms with van der Waals surface area (Å²) in [5.74, 6) is 0.0694. The van der Waals surface area contributed by atoms with Crippen LogP contribution in [-0.4, -0.2) is 46.7 Å². The van der Waals surface area contributed by atoms with Gasteiger partial charge in [-0.25, -0.2) is 4.79 Å². The second kappa shape index (κ2) is 9.66. The molecule has 5 nitrogen and oxygen atoms in total. The topological polar surface area (TPSA) is 76.0 Å². The lowest BCUT2D eigenvalue weighted by molar-refractivity contribution is -0.161. The molecule has 3 rings (SSSR count). The van der Waals surface area contributed by atoms with Gasteiger partial charge in [-0.1, -0.05) is 37.3 Å². The van der Waals surface area contributed by atoms with E-state index in [1.165, 1.54) is 11.1 Å². The summed E-state index contributed by atoms with van der Waals surface area (Å²) in [4.78, 5) is 12.1. The van der Waals surface area contributed by atoms with E-state index in [0.29, 0.717) is 18.8 Å². The van der Waals surface area contributed by atoms with Crippen LogP contribution in [0.25, 0.3) is 0 Å². The lowest BCUT2D eigenvalue weighted by Gasteiger charge is -2.42. The Balaban J connectivity index is 1.69. The molecule has 0 amide bonds. The second-order valence-corrected chi connectivity index (χ2v) is 10.8. The summed E-state index contributed by atoms with van der Waals surface area (Å²) in [7, 11) is 0. The molecule has 2 N–H and O–H groups in total. The zero-order valence-corrected chi connectivity index (χ0v) is 20.3. The molecular weight excluding hydrogens is 404 g/mol. The average molecular weight is 445 g/mol. The first-order valence-corrected chi connectivity index (χ1v) is 11.9. The maximum absolute atomic E-state index is 12.1. The van der Waals surface area contributed by atoms with E-state index in [0.717, 1.165) is 36.8 Å². The van der Waals surface area contributed by atoms with E-state index in [1.54, 1.807) is 0 Å². The number of aliphatic hydroxyl groups is 2. The Morgan fingerprint density at radius 3 is 2.75 bits per heavy atom. The molecule has 0 spiro atoms. The summed E-state index contributed by atoms with van der Waals surface area (Å²) < 4.78 is 11.3. The molecule has 0 bridgehead atoms. The van der Waals surface area contributed by atoms with Crippen molar-refractivity contribution in [2.45, 2.75) is 97.1 Å². The zero-order valence-electron chi connectivity index (χ0n) is 20.3. The Kier molecular flexibility index (Phi) is 7.53. The van der Waals surface area contributed by atoms with Crippen LogP contribution in [0, 0.1) is 11.3 Å². The number of allylic oxidation sites excluding steroid dienone is 4. The molecule has 5 heteroatoms. The largest absolute Gasteiger partial charge is 0.458 e. The lowest BCUT2D eigenvalue weighted by atomic mass is 9.63. The van der Waals surface area contributed by atoms with Crippen LogP contribution in [-0.2, 0) is 14.3 Å². The third-order valence-electron chi connectivity index (χ3n) is 7.18. The van der Waals surface area contributed by atoms with Crippen molar-refractivity contribution in [2.75, 3.05) is 6.61 Å². The summed E-state index contributed by atoms with van der Waals surface area (Å²) in [6, 6.07) is 0. The summed E-state index contributed by atoms with van der Waals surface area (Å²) in [6.07, 6.45) is 10.3. The molecule has 0 unspecified atom stereocenters. The Morgan fingerprint density at radius 1 is 1.34 bits per heavy atom. The number of carbonyl (C=O) groups excluding carboxylic acids is 1. The molecule has 178 valence electrons. The molecule has 0 saturated heterocycles. The third-order valence-corrected chi connectivity index (χ3v) is 7.18. The maximum Gasteiger partial charge on any atom is 0.332 e. The molecule has 3 aliphatic carbocycles. The van der Waals surface area contributed by atoms with Crippen LogP contribution in [0.3, 0.4) is 0 Å². The van der Waals surface area contributed by atoms with E-state index in [2.05, 4.69) is 31.7 Å². The van der Waals surface area contributed by atoms with Crippen molar-refractivity contribution in [1.29, 1.82) is 0 Å². The van der Waals surface area contributed by atoms with Crippen molar-refractivity contribution in [1.82, 2.24) is 0 Å². The van der Waals surface area contributed by atoms with Crippen LogP contribution >= 0.6 is 0 Å². The molecule has 0 radical (unpaired) electrons. The Bertz CT molecular complexity index is 827. The van der Waals surface area contributed by atoms with Crippen LogP contribution in [0.1, 0.15) is 73.1 Å². The van der Waals surface area contributed by atoms with Crippen LogP contribution in [0.2, 0.25) is 0 Å². The van der Waals surface area contributed by atoms with Crippen molar-refractivity contribution in [3.63, 3.8) is 0 Å². The van der Waals surface area contributed by atoms with Crippen LogP contribution < -0.4 is 0 Å². The van der Waals surface area contributed by atoms with Crippen molar-refractivity contribution < 1.29 is 24.5 Å². The number of rotatable bonds is 5. The van der Waals surface area contributed by atoms with Gasteiger partial charge in [0.15, 0.2) is 0 Å². The SMILES string of the molecule is C=C1C(=CC=C2CCC[C@]3(C)C([C@H](C)OCC(=O)OC(C)(C)C)=CC[C@@H]23)C[C@@H](O)C[C@@H]1O. The molecule has 2 saturated carbocycles. The Labute approximate surface area is 192 Å². The smallest absolute Gasteiger partial charge is 0.332 e. The van der Waals surface area contributed by atoms with Gasteiger partial charge >= 0.3 is 5.97 Å². The summed E-state index contributed by atoms with van der Waals surface area (Å²) >= 11 is 0. The Morgan fingerprint density at radius 2 is 2.06 bits per heavy atom. The van der Waals surface area contributed by atoms with E-state index in [-0.39, 0.29) is 24.1 Å². The summed E-state index contributed by atoms with van der Waals surface area (Å²) in [5, 5.41) is 20.1. The molecule has 3 aliphatic rings. The van der Waals surface area contributed by atoms with Crippen LogP contribution in [0.15, 0.2) is 47.1 Å². The maximum atomic E-state index is 12.1. The number of aliphatic hydroxyl groups excluding tert-OH is 2. The highest BCUT2D eigenvalue weighted by Crippen LogP contribution is 2.55. The standard InChI is InChI=1S/C27H40O5/c1-17-20(14-21(28)15-24(17)29)10-9-19-8-7-13-27(6)22(11-12-23(19)27)18(2)31-16-25(30)32-26(3,4)5/h9-11,18,21,23-24,28-29H,1,7-8,12-16H2,2-6H3/t18-,21+,23-,24-,27+/m0/s1. The summed E-state index contributed by atoms with van der Waals surface area (Å²) in [6.45, 7) is 13.9. The predicted molar refractivity (Wildman–Crippen MR) is 126 cm³/mol. The number of carbonyl (C=O) groups is 1. The average Bonchev–Trinajstić information content (AvgIpc) is 3.04. The van der Waals surface area contributed by atoms with Crippen molar-refractivity contribution in [2.24, 2.45) is 11.3 Å². The first-order chi connectivity index (χ1) is 14.9. The van der Waals surface area contributed by atoms with Gasteiger partial charge in [0.25, 0.3) is 0 Å². The van der Waals surface area contributed by atoms with Crippen molar-refractivity contribution >= 4 is 5.97 Å². The molecule has 0 aromatic carbocycles. The fourth-order valence-corrected chi connectivity index (χ4v) is 5.60. The fourth-order valence-electron chi connectivity index (χ4n) is 5.60. The number of ether oxygens (including phenoxy) is 2. The number of hydrogen-bond donors (Lipinski definition) is 2. The first-order valence-electron chi connectivity index (χ1n) is 11.9. The summed E-state index contributed by atoms with van der Waals surface area (Å²) in [5.41, 5.74) is 3.84. The number of hydrogen-bond acceptors (Lipinski definition) is 5. The number of fused-ring (bicyclic) bond motifs is 1. The van der Waals surface area contributed by atoms with Gasteiger partial charge in [0.1, 0.15) is 12.2 Å². The van der Waals surface area contributed by atoms with Crippen molar-refractivity contribution in [3.8, 4) is 0 Å². The van der Waals surface area contributed by atoms with E-state index < -0.39 is 17.8 Å². The molecule has 0 aromatic rings. The number of esters is 1. The van der Waals surface area contributed by atoms with Gasteiger partial charge in [-0.3, -0.25) is 0 Å². The third kappa shape index (κ3) is 5.62. The monoisotopic (exact) mass is 444 g/mol. The molecule has 0 heterocycles. The molecule has 0 aliphatic heterocycles. The molecule has 32 heavy (non-hydrogen) atoms. The van der Waals surface area contributed by atoms with Gasteiger partial charge in [-0.2, -0.15) is 0 Å².